The Hall–Kier alpha value is -1.53. The molecule has 1 aromatic heterocycles. The minimum atomic E-state index is 0.592. The molecule has 0 amide bonds. The molecule has 5 nitrogen and oxygen atoms in total. The maximum Gasteiger partial charge on any atom is 0.174 e. The molecule has 0 atom stereocenters. The second-order valence-corrected chi connectivity index (χ2v) is 6.83. The van der Waals surface area contributed by atoms with Crippen molar-refractivity contribution >= 4 is 15.9 Å². The van der Waals surface area contributed by atoms with Crippen molar-refractivity contribution in [2.75, 3.05) is 26.8 Å². The molecule has 2 heterocycles. The molecule has 6 heteroatoms. The van der Waals surface area contributed by atoms with E-state index in [0.29, 0.717) is 6.61 Å². The zero-order chi connectivity index (χ0) is 17.1. The third-order valence-electron chi connectivity index (χ3n) is 4.34. The molecule has 130 valence electrons. The van der Waals surface area contributed by atoms with Gasteiger partial charge in [-0.25, -0.2) is 0 Å². The van der Waals surface area contributed by atoms with Crippen LogP contribution in [-0.2, 0) is 13.0 Å². The Morgan fingerprint density at radius 3 is 2.88 bits per heavy atom. The van der Waals surface area contributed by atoms with E-state index in [9.17, 15) is 0 Å². The smallest absolute Gasteiger partial charge is 0.174 e. The van der Waals surface area contributed by atoms with Gasteiger partial charge in [0.2, 0.25) is 0 Å². The second-order valence-electron chi connectivity index (χ2n) is 5.98. The van der Waals surface area contributed by atoms with E-state index in [-0.39, 0.29) is 0 Å². The number of aromatic nitrogens is 2. The first kappa shape index (κ1) is 17.3. The van der Waals surface area contributed by atoms with Crippen molar-refractivity contribution < 1.29 is 9.47 Å². The monoisotopic (exact) mass is 393 g/mol. The van der Waals surface area contributed by atoms with Gasteiger partial charge in [-0.1, -0.05) is 6.92 Å². The van der Waals surface area contributed by atoms with Crippen molar-refractivity contribution in [3.05, 3.63) is 27.9 Å². The van der Waals surface area contributed by atoms with Crippen LogP contribution in [0.4, 0.5) is 0 Å². The first-order valence-electron chi connectivity index (χ1n) is 8.47. The Morgan fingerprint density at radius 2 is 2.17 bits per heavy atom. The number of halogens is 1. The SMILES string of the molecule is CCCN1CCc2[nH]nc(-c3cc(Br)c(OC)c(OCC)c3)c2C1. The summed E-state index contributed by atoms with van der Waals surface area (Å²) >= 11 is 3.59. The number of nitrogens with zero attached hydrogens (tertiary/aromatic N) is 2. The summed E-state index contributed by atoms with van der Waals surface area (Å²) in [7, 11) is 1.65. The summed E-state index contributed by atoms with van der Waals surface area (Å²) in [5.41, 5.74) is 4.61. The van der Waals surface area contributed by atoms with Gasteiger partial charge in [-0.15, -0.1) is 0 Å². The van der Waals surface area contributed by atoms with Crippen LogP contribution < -0.4 is 9.47 Å². The highest BCUT2D eigenvalue weighted by Gasteiger charge is 2.23. The fraction of sp³-hybridized carbons (Fsp3) is 0.500. The average molecular weight is 394 g/mol. The summed E-state index contributed by atoms with van der Waals surface area (Å²) < 4.78 is 12.1. The molecular formula is C18H24BrN3O2. The second kappa shape index (κ2) is 7.57. The molecule has 0 bridgehead atoms. The molecule has 1 aliphatic rings. The molecule has 0 fully saturated rings. The molecule has 3 rings (SSSR count). The number of H-pyrrole nitrogens is 1. The third-order valence-corrected chi connectivity index (χ3v) is 4.93. The molecule has 0 saturated carbocycles. The number of aromatic amines is 1. The predicted octanol–water partition coefficient (Wildman–Crippen LogP) is 4.01. The van der Waals surface area contributed by atoms with Crippen LogP contribution in [0.3, 0.4) is 0 Å². The zero-order valence-corrected chi connectivity index (χ0v) is 16.1. The van der Waals surface area contributed by atoms with Gasteiger partial charge in [0.25, 0.3) is 0 Å². The molecule has 0 unspecified atom stereocenters. The molecule has 2 aromatic rings. The van der Waals surface area contributed by atoms with Gasteiger partial charge in [0.15, 0.2) is 11.5 Å². The maximum atomic E-state index is 5.75. The normalized spacial score (nSPS) is 14.5. The molecule has 0 saturated heterocycles. The summed E-state index contributed by atoms with van der Waals surface area (Å²) in [6.07, 6.45) is 2.20. The molecule has 1 aliphatic heterocycles. The van der Waals surface area contributed by atoms with Gasteiger partial charge in [0.05, 0.1) is 23.9 Å². The fourth-order valence-corrected chi connectivity index (χ4v) is 3.87. The average Bonchev–Trinajstić information content (AvgIpc) is 2.98. The van der Waals surface area contributed by atoms with E-state index < -0.39 is 0 Å². The summed E-state index contributed by atoms with van der Waals surface area (Å²) in [5, 5.41) is 7.81. The number of ether oxygens (including phenoxy) is 2. The van der Waals surface area contributed by atoms with Crippen molar-refractivity contribution in [2.24, 2.45) is 0 Å². The number of nitrogens with one attached hydrogen (secondary N) is 1. The van der Waals surface area contributed by atoms with Crippen molar-refractivity contribution in [2.45, 2.75) is 33.2 Å². The van der Waals surface area contributed by atoms with Gasteiger partial charge in [-0.05, 0) is 48.0 Å². The van der Waals surface area contributed by atoms with Crippen molar-refractivity contribution in [1.29, 1.82) is 0 Å². The van der Waals surface area contributed by atoms with Crippen LogP contribution in [0.15, 0.2) is 16.6 Å². The fourth-order valence-electron chi connectivity index (χ4n) is 3.26. The highest BCUT2D eigenvalue weighted by molar-refractivity contribution is 9.10. The lowest BCUT2D eigenvalue weighted by Gasteiger charge is -2.26. The Morgan fingerprint density at radius 1 is 1.33 bits per heavy atom. The first-order valence-corrected chi connectivity index (χ1v) is 9.26. The molecule has 24 heavy (non-hydrogen) atoms. The number of rotatable bonds is 6. The Balaban J connectivity index is 2.00. The van der Waals surface area contributed by atoms with Crippen LogP contribution in [0.1, 0.15) is 31.5 Å². The molecule has 0 aliphatic carbocycles. The number of hydrogen-bond acceptors (Lipinski definition) is 4. The van der Waals surface area contributed by atoms with Crippen LogP contribution in [0.25, 0.3) is 11.3 Å². The van der Waals surface area contributed by atoms with Gasteiger partial charge in [-0.2, -0.15) is 5.10 Å². The van der Waals surface area contributed by atoms with Crippen LogP contribution in [0.5, 0.6) is 11.5 Å². The topological polar surface area (TPSA) is 50.4 Å². The van der Waals surface area contributed by atoms with Crippen molar-refractivity contribution in [3.8, 4) is 22.8 Å². The minimum absolute atomic E-state index is 0.592. The van der Waals surface area contributed by atoms with Gasteiger partial charge in [-0.3, -0.25) is 10.00 Å². The zero-order valence-electron chi connectivity index (χ0n) is 14.5. The van der Waals surface area contributed by atoms with Gasteiger partial charge in [0.1, 0.15) is 0 Å². The molecule has 1 aromatic carbocycles. The summed E-state index contributed by atoms with van der Waals surface area (Å²) in [5.74, 6) is 1.46. The number of hydrogen-bond donors (Lipinski definition) is 1. The number of benzene rings is 1. The summed E-state index contributed by atoms with van der Waals surface area (Å²) in [6, 6.07) is 4.07. The molecule has 0 radical (unpaired) electrons. The first-order chi connectivity index (χ1) is 11.7. The van der Waals surface area contributed by atoms with Crippen LogP contribution in [0.2, 0.25) is 0 Å². The predicted molar refractivity (Wildman–Crippen MR) is 98.7 cm³/mol. The Bertz CT molecular complexity index is 715. The van der Waals surface area contributed by atoms with E-state index in [4.69, 9.17) is 9.47 Å². The van der Waals surface area contributed by atoms with Gasteiger partial charge in [0, 0.05) is 36.3 Å². The highest BCUT2D eigenvalue weighted by atomic mass is 79.9. The standard InChI is InChI=1S/C18H24BrN3O2/c1-4-7-22-8-6-15-13(11-22)17(21-20-15)12-9-14(19)18(23-3)16(10-12)24-5-2/h9-10H,4-8,11H2,1-3H3,(H,20,21). The van der Waals surface area contributed by atoms with E-state index >= 15 is 0 Å². The largest absolute Gasteiger partial charge is 0.492 e. The van der Waals surface area contributed by atoms with E-state index in [1.807, 2.05) is 13.0 Å². The van der Waals surface area contributed by atoms with Crippen LogP contribution in [0, 0.1) is 0 Å². The van der Waals surface area contributed by atoms with Crippen LogP contribution in [-0.4, -0.2) is 41.9 Å². The molecule has 0 spiro atoms. The van der Waals surface area contributed by atoms with E-state index in [2.05, 4.69) is 44.0 Å². The Kier molecular flexibility index (Phi) is 5.46. The highest BCUT2D eigenvalue weighted by Crippen LogP contribution is 2.40. The molecular weight excluding hydrogens is 370 g/mol. The third kappa shape index (κ3) is 3.30. The summed E-state index contributed by atoms with van der Waals surface area (Å²) in [6.45, 7) is 7.96. The quantitative estimate of drug-likeness (QED) is 0.804. The van der Waals surface area contributed by atoms with Gasteiger partial charge >= 0.3 is 0 Å². The number of fused-ring (bicyclic) bond motifs is 1. The minimum Gasteiger partial charge on any atom is -0.492 e. The lowest BCUT2D eigenvalue weighted by molar-refractivity contribution is 0.254. The Labute approximate surface area is 151 Å². The van der Waals surface area contributed by atoms with Crippen LogP contribution >= 0.6 is 15.9 Å². The summed E-state index contributed by atoms with van der Waals surface area (Å²) in [4.78, 5) is 2.49. The number of methoxy groups -OCH3 is 1. The lowest BCUT2D eigenvalue weighted by Crippen LogP contribution is -2.31. The molecule has 1 N–H and O–H groups in total. The lowest BCUT2D eigenvalue weighted by atomic mass is 10.0. The van der Waals surface area contributed by atoms with Crippen molar-refractivity contribution in [1.82, 2.24) is 15.1 Å². The van der Waals surface area contributed by atoms with Crippen molar-refractivity contribution in [3.63, 3.8) is 0 Å². The van der Waals surface area contributed by atoms with E-state index in [0.717, 1.165) is 53.3 Å². The van der Waals surface area contributed by atoms with E-state index in [1.165, 1.54) is 17.7 Å². The van der Waals surface area contributed by atoms with Gasteiger partial charge < -0.3 is 9.47 Å². The van der Waals surface area contributed by atoms with E-state index in [1.54, 1.807) is 7.11 Å². The maximum absolute atomic E-state index is 5.75.